The smallest absolute Gasteiger partial charge is 0.339 e. The summed E-state index contributed by atoms with van der Waals surface area (Å²) in [5.74, 6) is -1.36. The van der Waals surface area contributed by atoms with E-state index in [1.165, 1.54) is 38.3 Å². The minimum Gasteiger partial charge on any atom is -0.493 e. The third-order valence-corrected chi connectivity index (χ3v) is 3.83. The van der Waals surface area contributed by atoms with Gasteiger partial charge in [0, 0.05) is 5.02 Å². The summed E-state index contributed by atoms with van der Waals surface area (Å²) in [6.45, 7) is 5.21. The molecule has 2 rings (SSSR count). The molecule has 1 unspecified atom stereocenters. The molecule has 0 heterocycles. The molecule has 6 nitrogen and oxygen atoms in total. The average Bonchev–Trinajstić information content (AvgIpc) is 2.68. The van der Waals surface area contributed by atoms with Gasteiger partial charge in [-0.3, -0.25) is 4.79 Å². The van der Waals surface area contributed by atoms with Gasteiger partial charge in [0.15, 0.2) is 17.6 Å². The van der Waals surface area contributed by atoms with Crippen molar-refractivity contribution in [3.63, 3.8) is 0 Å². The highest BCUT2D eigenvalue weighted by molar-refractivity contribution is 6.30. The number of carbonyl (C=O) groups is 2. The number of nitrogens with one attached hydrogen (secondary N) is 1. The van der Waals surface area contributed by atoms with Crippen LogP contribution < -0.4 is 14.8 Å². The highest BCUT2D eigenvalue weighted by atomic mass is 35.5. The third kappa shape index (κ3) is 5.47. The zero-order chi connectivity index (χ0) is 20.7. The lowest BCUT2D eigenvalue weighted by Gasteiger charge is -2.15. The van der Waals surface area contributed by atoms with E-state index < -0.39 is 23.8 Å². The van der Waals surface area contributed by atoms with Crippen LogP contribution in [0.3, 0.4) is 0 Å². The molecule has 0 aliphatic rings. The molecule has 0 radical (unpaired) electrons. The summed E-state index contributed by atoms with van der Waals surface area (Å²) in [7, 11) is 1.43. The van der Waals surface area contributed by atoms with Crippen LogP contribution in [0, 0.1) is 5.82 Å². The summed E-state index contributed by atoms with van der Waals surface area (Å²) in [4.78, 5) is 24.5. The molecule has 148 valence electrons. The standard InChI is InChI=1S/C20H19ClFNO5/c1-4-9-27-17-8-5-13(10-18(17)26-3)20(25)28-12(2)19(24)23-16-7-6-14(21)11-15(16)22/h4-8,10-12H,1,9H2,2-3H3,(H,23,24). The van der Waals surface area contributed by atoms with Crippen molar-refractivity contribution in [3.05, 3.63) is 65.5 Å². The molecule has 28 heavy (non-hydrogen) atoms. The van der Waals surface area contributed by atoms with Crippen LogP contribution in [-0.4, -0.2) is 31.7 Å². The molecule has 0 aromatic heterocycles. The first-order valence-corrected chi connectivity index (χ1v) is 8.62. The number of esters is 1. The highest BCUT2D eigenvalue weighted by Crippen LogP contribution is 2.28. The number of benzene rings is 2. The van der Waals surface area contributed by atoms with Gasteiger partial charge >= 0.3 is 5.97 Å². The zero-order valence-electron chi connectivity index (χ0n) is 15.3. The van der Waals surface area contributed by atoms with Gasteiger partial charge in [-0.2, -0.15) is 0 Å². The van der Waals surface area contributed by atoms with E-state index in [2.05, 4.69) is 11.9 Å². The van der Waals surface area contributed by atoms with Gasteiger partial charge in [-0.05, 0) is 43.3 Å². The number of carbonyl (C=O) groups excluding carboxylic acids is 2. The number of anilines is 1. The van der Waals surface area contributed by atoms with Crippen LogP contribution in [-0.2, 0) is 9.53 Å². The van der Waals surface area contributed by atoms with E-state index in [1.54, 1.807) is 12.1 Å². The molecule has 0 saturated carbocycles. The average molecular weight is 408 g/mol. The van der Waals surface area contributed by atoms with E-state index in [-0.39, 0.29) is 22.9 Å². The third-order valence-electron chi connectivity index (χ3n) is 3.60. The monoisotopic (exact) mass is 407 g/mol. The SMILES string of the molecule is C=CCOc1ccc(C(=O)OC(C)C(=O)Nc2ccc(Cl)cc2F)cc1OC. The Kier molecular flexibility index (Phi) is 7.40. The highest BCUT2D eigenvalue weighted by Gasteiger charge is 2.21. The lowest BCUT2D eigenvalue weighted by molar-refractivity contribution is -0.123. The number of amides is 1. The molecule has 0 aliphatic heterocycles. The maximum Gasteiger partial charge on any atom is 0.339 e. The molecular weight excluding hydrogens is 389 g/mol. The van der Waals surface area contributed by atoms with Crippen molar-refractivity contribution in [2.45, 2.75) is 13.0 Å². The van der Waals surface area contributed by atoms with Gasteiger partial charge in [-0.25, -0.2) is 9.18 Å². The van der Waals surface area contributed by atoms with Gasteiger partial charge in [0.1, 0.15) is 12.4 Å². The Bertz CT molecular complexity index is 887. The Labute approximate surface area is 166 Å². The molecule has 0 saturated heterocycles. The van der Waals surface area contributed by atoms with Crippen LogP contribution in [0.1, 0.15) is 17.3 Å². The quantitative estimate of drug-likeness (QED) is 0.523. The lowest BCUT2D eigenvalue weighted by Crippen LogP contribution is -2.30. The van der Waals surface area contributed by atoms with Gasteiger partial charge in [-0.15, -0.1) is 0 Å². The molecule has 8 heteroatoms. The zero-order valence-corrected chi connectivity index (χ0v) is 16.1. The fourth-order valence-corrected chi connectivity index (χ4v) is 2.33. The molecule has 0 bridgehead atoms. The predicted molar refractivity (Wildman–Crippen MR) is 104 cm³/mol. The summed E-state index contributed by atoms with van der Waals surface area (Å²) in [6, 6.07) is 8.27. The van der Waals surface area contributed by atoms with Crippen molar-refractivity contribution in [1.82, 2.24) is 0 Å². The predicted octanol–water partition coefficient (Wildman–Crippen LogP) is 4.24. The Hall–Kier alpha value is -3.06. The van der Waals surface area contributed by atoms with Gasteiger partial charge in [0.05, 0.1) is 18.4 Å². The molecule has 1 N–H and O–H groups in total. The topological polar surface area (TPSA) is 73.9 Å². The molecule has 2 aromatic rings. The van der Waals surface area contributed by atoms with Gasteiger partial charge in [0.2, 0.25) is 0 Å². The van der Waals surface area contributed by atoms with Crippen molar-refractivity contribution >= 4 is 29.2 Å². The minimum atomic E-state index is -1.16. The first-order valence-electron chi connectivity index (χ1n) is 8.24. The second kappa shape index (κ2) is 9.75. The fourth-order valence-electron chi connectivity index (χ4n) is 2.17. The van der Waals surface area contributed by atoms with Crippen molar-refractivity contribution in [2.24, 2.45) is 0 Å². The Morgan fingerprint density at radius 2 is 2.00 bits per heavy atom. The maximum absolute atomic E-state index is 13.8. The van der Waals surface area contributed by atoms with E-state index in [0.29, 0.717) is 11.5 Å². The summed E-state index contributed by atoms with van der Waals surface area (Å²) in [6.07, 6.45) is 0.413. The van der Waals surface area contributed by atoms with E-state index in [9.17, 15) is 14.0 Å². The summed E-state index contributed by atoms with van der Waals surface area (Å²) in [5.41, 5.74) is 0.0998. The number of ether oxygens (including phenoxy) is 3. The molecule has 0 spiro atoms. The molecular formula is C20H19ClFNO5. The van der Waals surface area contributed by atoms with Crippen molar-refractivity contribution in [3.8, 4) is 11.5 Å². The Morgan fingerprint density at radius 1 is 1.25 bits per heavy atom. The first kappa shape index (κ1) is 21.2. The van der Waals surface area contributed by atoms with Crippen LogP contribution in [0.2, 0.25) is 5.02 Å². The van der Waals surface area contributed by atoms with Crippen LogP contribution in [0.4, 0.5) is 10.1 Å². The number of rotatable bonds is 8. The van der Waals surface area contributed by atoms with Crippen LogP contribution in [0.15, 0.2) is 49.1 Å². The second-order valence-electron chi connectivity index (χ2n) is 5.63. The molecule has 1 amide bonds. The number of methoxy groups -OCH3 is 1. The summed E-state index contributed by atoms with van der Waals surface area (Å²) < 4.78 is 29.5. The van der Waals surface area contributed by atoms with Gasteiger partial charge < -0.3 is 19.5 Å². The Morgan fingerprint density at radius 3 is 2.64 bits per heavy atom. The van der Waals surface area contributed by atoms with Gasteiger partial charge in [-0.1, -0.05) is 24.3 Å². The van der Waals surface area contributed by atoms with E-state index in [1.807, 2.05) is 0 Å². The lowest BCUT2D eigenvalue weighted by atomic mass is 10.2. The maximum atomic E-state index is 13.8. The number of halogens is 2. The molecule has 0 aliphatic carbocycles. The summed E-state index contributed by atoms with van der Waals surface area (Å²) in [5, 5.41) is 2.54. The fraction of sp³-hybridized carbons (Fsp3) is 0.200. The normalized spacial score (nSPS) is 11.3. The van der Waals surface area contributed by atoms with E-state index >= 15 is 0 Å². The van der Waals surface area contributed by atoms with Gasteiger partial charge in [0.25, 0.3) is 5.91 Å². The number of hydrogen-bond acceptors (Lipinski definition) is 5. The van der Waals surface area contributed by atoms with Crippen molar-refractivity contribution < 1.29 is 28.2 Å². The molecule has 1 atom stereocenters. The summed E-state index contributed by atoms with van der Waals surface area (Å²) >= 11 is 5.67. The van der Waals surface area contributed by atoms with E-state index in [4.69, 9.17) is 25.8 Å². The second-order valence-corrected chi connectivity index (χ2v) is 6.06. The number of hydrogen-bond donors (Lipinski definition) is 1. The van der Waals surface area contributed by atoms with Crippen LogP contribution >= 0.6 is 11.6 Å². The van der Waals surface area contributed by atoms with Crippen LogP contribution in [0.25, 0.3) is 0 Å². The largest absolute Gasteiger partial charge is 0.493 e. The minimum absolute atomic E-state index is 0.0670. The molecule has 2 aromatic carbocycles. The molecule has 0 fully saturated rings. The first-order chi connectivity index (χ1) is 13.3. The van der Waals surface area contributed by atoms with Crippen molar-refractivity contribution in [2.75, 3.05) is 19.0 Å². The van der Waals surface area contributed by atoms with Crippen LogP contribution in [0.5, 0.6) is 11.5 Å². The van der Waals surface area contributed by atoms with E-state index in [0.717, 1.165) is 6.07 Å². The Balaban J connectivity index is 2.04. The van der Waals surface area contributed by atoms with Crippen molar-refractivity contribution in [1.29, 1.82) is 0 Å².